The fraction of sp³-hybridized carbons (Fsp3) is 0.444. The third kappa shape index (κ3) is 6.37. The maximum atomic E-state index is 12.8. The Morgan fingerprint density at radius 3 is 2.00 bits per heavy atom. The third-order valence-corrected chi connectivity index (χ3v) is 7.02. The molecule has 2 heterocycles. The van der Waals surface area contributed by atoms with E-state index in [9.17, 15) is 14.4 Å². The smallest absolute Gasteiger partial charge is 0.321 e. The maximum absolute atomic E-state index is 12.8. The summed E-state index contributed by atoms with van der Waals surface area (Å²) in [5.41, 5.74) is 2.61. The standard InChI is InChI=1S/C27H33N3O4/c31-25(32)19-22-10-14-29(15-11-22)26(33)23-6-8-24(9-7-23)28-27(34)30-16-12-21(13-17-30)18-20-4-2-1-3-5-20/h1-9,21-22H,10-19H2,(H,28,34)(H,31,32). The number of anilines is 1. The lowest BCUT2D eigenvalue weighted by molar-refractivity contribution is -0.138. The molecule has 2 aliphatic heterocycles. The molecule has 0 spiro atoms. The number of benzene rings is 2. The first-order chi connectivity index (χ1) is 16.5. The number of hydrogen-bond acceptors (Lipinski definition) is 3. The Labute approximate surface area is 200 Å². The quantitative estimate of drug-likeness (QED) is 0.660. The van der Waals surface area contributed by atoms with Gasteiger partial charge in [-0.15, -0.1) is 0 Å². The van der Waals surface area contributed by atoms with Crippen molar-refractivity contribution in [2.24, 2.45) is 11.8 Å². The lowest BCUT2D eigenvalue weighted by Gasteiger charge is -2.32. The molecule has 34 heavy (non-hydrogen) atoms. The first kappa shape index (κ1) is 23.8. The summed E-state index contributed by atoms with van der Waals surface area (Å²) in [4.78, 5) is 40.0. The molecule has 2 saturated heterocycles. The van der Waals surface area contributed by atoms with E-state index in [0.717, 1.165) is 32.4 Å². The van der Waals surface area contributed by atoms with Crippen molar-refractivity contribution in [1.29, 1.82) is 0 Å². The van der Waals surface area contributed by atoms with Crippen molar-refractivity contribution in [1.82, 2.24) is 9.80 Å². The van der Waals surface area contributed by atoms with Crippen molar-refractivity contribution in [3.05, 3.63) is 65.7 Å². The first-order valence-corrected chi connectivity index (χ1v) is 12.2. The van der Waals surface area contributed by atoms with Crippen molar-refractivity contribution >= 4 is 23.6 Å². The molecule has 0 atom stereocenters. The molecule has 4 rings (SSSR count). The van der Waals surface area contributed by atoms with Crippen molar-refractivity contribution < 1.29 is 19.5 Å². The fourth-order valence-corrected chi connectivity index (χ4v) is 4.96. The van der Waals surface area contributed by atoms with E-state index < -0.39 is 5.97 Å². The highest BCUT2D eigenvalue weighted by molar-refractivity contribution is 5.95. The number of rotatable bonds is 6. The summed E-state index contributed by atoms with van der Waals surface area (Å²) >= 11 is 0. The van der Waals surface area contributed by atoms with Gasteiger partial charge in [-0.05, 0) is 73.8 Å². The minimum Gasteiger partial charge on any atom is -0.481 e. The van der Waals surface area contributed by atoms with Crippen LogP contribution in [-0.2, 0) is 11.2 Å². The van der Waals surface area contributed by atoms with Gasteiger partial charge in [-0.1, -0.05) is 30.3 Å². The molecular formula is C27H33N3O4. The molecule has 7 heteroatoms. The lowest BCUT2D eigenvalue weighted by atomic mass is 9.90. The molecule has 0 aliphatic carbocycles. The van der Waals surface area contributed by atoms with Crippen LogP contribution in [0.4, 0.5) is 10.5 Å². The highest BCUT2D eigenvalue weighted by Gasteiger charge is 2.26. The number of carbonyl (C=O) groups excluding carboxylic acids is 2. The van der Waals surface area contributed by atoms with Crippen LogP contribution in [0, 0.1) is 11.8 Å². The summed E-state index contributed by atoms with van der Waals surface area (Å²) in [7, 11) is 0. The predicted molar refractivity (Wildman–Crippen MR) is 131 cm³/mol. The van der Waals surface area contributed by atoms with Gasteiger partial charge in [-0.3, -0.25) is 9.59 Å². The van der Waals surface area contributed by atoms with Gasteiger partial charge >= 0.3 is 12.0 Å². The van der Waals surface area contributed by atoms with E-state index in [1.165, 1.54) is 5.56 Å². The Kier molecular flexibility index (Phi) is 7.83. The number of amides is 3. The molecule has 2 aromatic carbocycles. The summed E-state index contributed by atoms with van der Waals surface area (Å²) < 4.78 is 0. The molecule has 0 aromatic heterocycles. The van der Waals surface area contributed by atoms with Crippen LogP contribution >= 0.6 is 0 Å². The van der Waals surface area contributed by atoms with E-state index in [1.54, 1.807) is 29.2 Å². The van der Waals surface area contributed by atoms with Gasteiger partial charge in [0.1, 0.15) is 0 Å². The van der Waals surface area contributed by atoms with Crippen LogP contribution in [-0.4, -0.2) is 59.0 Å². The molecule has 2 fully saturated rings. The Balaban J connectivity index is 1.22. The van der Waals surface area contributed by atoms with E-state index in [0.29, 0.717) is 43.1 Å². The van der Waals surface area contributed by atoms with Crippen molar-refractivity contribution in [3.8, 4) is 0 Å². The van der Waals surface area contributed by atoms with Crippen LogP contribution in [0.2, 0.25) is 0 Å². The Morgan fingerprint density at radius 2 is 1.38 bits per heavy atom. The Morgan fingerprint density at radius 1 is 0.794 bits per heavy atom. The second-order valence-corrected chi connectivity index (χ2v) is 9.46. The molecule has 0 bridgehead atoms. The summed E-state index contributed by atoms with van der Waals surface area (Å²) in [6.07, 6.45) is 4.66. The maximum Gasteiger partial charge on any atom is 0.321 e. The highest BCUT2D eigenvalue weighted by Crippen LogP contribution is 2.24. The number of hydrogen-bond donors (Lipinski definition) is 2. The molecule has 2 N–H and O–H groups in total. The zero-order valence-electron chi connectivity index (χ0n) is 19.5. The molecular weight excluding hydrogens is 430 g/mol. The van der Waals surface area contributed by atoms with Gasteiger partial charge in [0, 0.05) is 43.9 Å². The van der Waals surface area contributed by atoms with E-state index >= 15 is 0 Å². The van der Waals surface area contributed by atoms with Gasteiger partial charge in [-0.2, -0.15) is 0 Å². The number of nitrogens with one attached hydrogen (secondary N) is 1. The normalized spacial score (nSPS) is 17.4. The molecule has 0 saturated carbocycles. The zero-order valence-corrected chi connectivity index (χ0v) is 19.5. The number of urea groups is 1. The number of carboxylic acid groups (broad SMARTS) is 1. The monoisotopic (exact) mass is 463 g/mol. The zero-order chi connectivity index (χ0) is 23.9. The highest BCUT2D eigenvalue weighted by atomic mass is 16.4. The van der Waals surface area contributed by atoms with Gasteiger partial charge in [0.05, 0.1) is 0 Å². The van der Waals surface area contributed by atoms with Gasteiger partial charge in [0.25, 0.3) is 5.91 Å². The topological polar surface area (TPSA) is 90.0 Å². The third-order valence-electron chi connectivity index (χ3n) is 7.02. The van der Waals surface area contributed by atoms with E-state index in [-0.39, 0.29) is 24.3 Å². The van der Waals surface area contributed by atoms with E-state index in [1.807, 2.05) is 11.0 Å². The fourth-order valence-electron chi connectivity index (χ4n) is 4.96. The van der Waals surface area contributed by atoms with Gasteiger partial charge < -0.3 is 20.2 Å². The average Bonchev–Trinajstić information content (AvgIpc) is 2.85. The molecule has 0 unspecified atom stereocenters. The average molecular weight is 464 g/mol. The number of piperidine rings is 2. The summed E-state index contributed by atoms with van der Waals surface area (Å²) in [6, 6.07) is 17.4. The minimum absolute atomic E-state index is 0.0489. The van der Waals surface area contributed by atoms with Gasteiger partial charge in [-0.25, -0.2) is 4.79 Å². The van der Waals surface area contributed by atoms with Crippen molar-refractivity contribution in [2.45, 2.75) is 38.5 Å². The largest absolute Gasteiger partial charge is 0.481 e. The Hall–Kier alpha value is -3.35. The number of nitrogens with zero attached hydrogens (tertiary/aromatic N) is 2. The number of likely N-dealkylation sites (tertiary alicyclic amines) is 2. The molecule has 2 aromatic rings. The summed E-state index contributed by atoms with van der Waals surface area (Å²) in [5.74, 6) is -0.0837. The number of aliphatic carboxylic acids is 1. The SMILES string of the molecule is O=C(O)CC1CCN(C(=O)c2ccc(NC(=O)N3CCC(Cc4ccccc4)CC3)cc2)CC1. The summed E-state index contributed by atoms with van der Waals surface area (Å²) in [5, 5.41) is 11.9. The lowest BCUT2D eigenvalue weighted by Crippen LogP contribution is -2.41. The van der Waals surface area contributed by atoms with Crippen LogP contribution in [0.5, 0.6) is 0 Å². The van der Waals surface area contributed by atoms with Crippen LogP contribution in [0.3, 0.4) is 0 Å². The first-order valence-electron chi connectivity index (χ1n) is 12.2. The second-order valence-electron chi connectivity index (χ2n) is 9.46. The molecule has 7 nitrogen and oxygen atoms in total. The summed E-state index contributed by atoms with van der Waals surface area (Å²) in [6.45, 7) is 2.65. The van der Waals surface area contributed by atoms with Crippen LogP contribution in [0.1, 0.15) is 48.0 Å². The van der Waals surface area contributed by atoms with Crippen molar-refractivity contribution in [2.75, 3.05) is 31.5 Å². The van der Waals surface area contributed by atoms with E-state index in [2.05, 4.69) is 29.6 Å². The number of carbonyl (C=O) groups is 3. The predicted octanol–water partition coefficient (Wildman–Crippen LogP) is 4.50. The number of carboxylic acids is 1. The van der Waals surface area contributed by atoms with Gasteiger partial charge in [0.15, 0.2) is 0 Å². The molecule has 0 radical (unpaired) electrons. The van der Waals surface area contributed by atoms with Crippen LogP contribution in [0.15, 0.2) is 54.6 Å². The van der Waals surface area contributed by atoms with Crippen LogP contribution < -0.4 is 5.32 Å². The van der Waals surface area contributed by atoms with Crippen LogP contribution in [0.25, 0.3) is 0 Å². The van der Waals surface area contributed by atoms with Gasteiger partial charge in [0.2, 0.25) is 0 Å². The van der Waals surface area contributed by atoms with Crippen molar-refractivity contribution in [3.63, 3.8) is 0 Å². The second kappa shape index (κ2) is 11.2. The molecule has 3 amide bonds. The molecule has 2 aliphatic rings. The molecule has 180 valence electrons. The Bertz CT molecular complexity index is 977. The minimum atomic E-state index is -0.779. The van der Waals surface area contributed by atoms with E-state index in [4.69, 9.17) is 5.11 Å².